The van der Waals surface area contributed by atoms with Gasteiger partial charge < -0.3 is 14.5 Å². The van der Waals surface area contributed by atoms with Crippen molar-refractivity contribution in [3.63, 3.8) is 0 Å². The van der Waals surface area contributed by atoms with Gasteiger partial charge in [-0.25, -0.2) is 9.98 Å². The maximum absolute atomic E-state index is 5.85. The largest absolute Gasteiger partial charge is 0.476 e. The Morgan fingerprint density at radius 3 is 1.55 bits per heavy atom. The van der Waals surface area contributed by atoms with E-state index in [2.05, 4.69) is 58.7 Å². The maximum Gasteiger partial charge on any atom is 0.211 e. The molecular weight excluding hydrogens is 362 g/mol. The van der Waals surface area contributed by atoms with Crippen LogP contribution in [0.4, 0.5) is 0 Å². The van der Waals surface area contributed by atoms with Crippen molar-refractivity contribution < 1.29 is 9.47 Å². The molecule has 2 aliphatic rings. The zero-order valence-corrected chi connectivity index (χ0v) is 18.2. The second-order valence-corrected chi connectivity index (χ2v) is 10.1. The minimum atomic E-state index is 0.0912. The molecule has 0 spiro atoms. The predicted molar refractivity (Wildman–Crippen MR) is 120 cm³/mol. The molecule has 154 valence electrons. The van der Waals surface area contributed by atoms with Crippen molar-refractivity contribution in [2.45, 2.75) is 53.6 Å². The molecule has 1 aromatic heterocycles. The Bertz CT molecular complexity index is 1010. The SMILES string of the molecule is CC(C)(C)C1COC(/C=c2\[nH]/c(=C\C3=N[C@@H](C(C)(C)C)CO3)c3ccccc23)=N1. The first-order valence-electron chi connectivity index (χ1n) is 10.3. The van der Waals surface area contributed by atoms with E-state index in [1.807, 2.05) is 24.3 Å². The highest BCUT2D eigenvalue weighted by molar-refractivity contribution is 6.09. The zero-order chi connectivity index (χ0) is 20.8. The molecule has 3 heterocycles. The van der Waals surface area contributed by atoms with E-state index >= 15 is 0 Å². The van der Waals surface area contributed by atoms with Crippen LogP contribution in [0.15, 0.2) is 34.3 Å². The van der Waals surface area contributed by atoms with Crippen molar-refractivity contribution >= 4 is 34.7 Å². The first-order valence-corrected chi connectivity index (χ1v) is 10.3. The number of aromatic nitrogens is 1. The Kier molecular flexibility index (Phi) is 4.80. The number of aliphatic imine (C=N–C) groups is 2. The molecule has 2 aliphatic heterocycles. The molecule has 0 radical (unpaired) electrons. The van der Waals surface area contributed by atoms with Crippen LogP contribution in [0.1, 0.15) is 41.5 Å². The minimum Gasteiger partial charge on any atom is -0.476 e. The van der Waals surface area contributed by atoms with Crippen LogP contribution >= 0.6 is 0 Å². The van der Waals surface area contributed by atoms with Crippen molar-refractivity contribution in [1.29, 1.82) is 0 Å². The molecular formula is C24H31N3O2. The van der Waals surface area contributed by atoms with E-state index < -0.39 is 0 Å². The Labute approximate surface area is 172 Å². The molecule has 1 unspecified atom stereocenters. The van der Waals surface area contributed by atoms with E-state index in [0.29, 0.717) is 25.0 Å². The van der Waals surface area contributed by atoms with Gasteiger partial charge in [-0.2, -0.15) is 0 Å². The van der Waals surface area contributed by atoms with E-state index in [4.69, 9.17) is 19.5 Å². The fourth-order valence-corrected chi connectivity index (χ4v) is 3.54. The summed E-state index contributed by atoms with van der Waals surface area (Å²) in [5, 5.41) is 4.25. The highest BCUT2D eigenvalue weighted by atomic mass is 16.5. The Balaban J connectivity index is 1.76. The lowest BCUT2D eigenvalue weighted by Crippen LogP contribution is -2.25. The molecule has 2 aromatic rings. The van der Waals surface area contributed by atoms with Gasteiger partial charge in [-0.3, -0.25) is 0 Å². The third-order valence-electron chi connectivity index (χ3n) is 5.66. The third-order valence-corrected chi connectivity index (χ3v) is 5.66. The standard InChI is InChI=1S/C24H31N3O2/c1-23(2,3)19-13-28-21(26-19)11-17-15-9-7-8-10-16(15)18(25-17)12-22-27-20(14-29-22)24(4,5)6/h7-12,19-20,25H,13-14H2,1-6H3/b17-11-,18-12-/t19-,20?/m1/s1. The fourth-order valence-electron chi connectivity index (χ4n) is 3.54. The van der Waals surface area contributed by atoms with Gasteiger partial charge >= 0.3 is 0 Å². The van der Waals surface area contributed by atoms with E-state index in [1.54, 1.807) is 0 Å². The van der Waals surface area contributed by atoms with E-state index in [1.165, 1.54) is 0 Å². The Morgan fingerprint density at radius 1 is 0.793 bits per heavy atom. The highest BCUT2D eigenvalue weighted by Crippen LogP contribution is 2.27. The molecule has 0 saturated carbocycles. The lowest BCUT2D eigenvalue weighted by Gasteiger charge is -2.21. The summed E-state index contributed by atoms with van der Waals surface area (Å²) in [5.41, 5.74) is 0.182. The summed E-state index contributed by atoms with van der Waals surface area (Å²) in [6.07, 6.45) is 4.00. The number of hydrogen-bond acceptors (Lipinski definition) is 4. The van der Waals surface area contributed by atoms with Crippen LogP contribution < -0.4 is 10.7 Å². The van der Waals surface area contributed by atoms with Crippen LogP contribution in [0.5, 0.6) is 0 Å². The predicted octanol–water partition coefficient (Wildman–Crippen LogP) is 3.42. The molecule has 0 bridgehead atoms. The Hall–Kier alpha value is -2.56. The molecule has 0 amide bonds. The van der Waals surface area contributed by atoms with Crippen LogP contribution in [0.3, 0.4) is 0 Å². The van der Waals surface area contributed by atoms with E-state index in [-0.39, 0.29) is 22.9 Å². The van der Waals surface area contributed by atoms with E-state index in [9.17, 15) is 0 Å². The van der Waals surface area contributed by atoms with Gasteiger partial charge in [0.2, 0.25) is 11.8 Å². The van der Waals surface area contributed by atoms with Crippen molar-refractivity contribution in [2.75, 3.05) is 13.2 Å². The number of rotatable bonds is 2. The van der Waals surface area contributed by atoms with Crippen molar-refractivity contribution in [3.05, 3.63) is 35.0 Å². The van der Waals surface area contributed by atoms with Gasteiger partial charge in [0.05, 0.1) is 22.8 Å². The summed E-state index contributed by atoms with van der Waals surface area (Å²) >= 11 is 0. The first kappa shape index (κ1) is 19.7. The molecule has 0 saturated heterocycles. The van der Waals surface area contributed by atoms with Gasteiger partial charge in [-0.15, -0.1) is 0 Å². The molecule has 0 fully saturated rings. The van der Waals surface area contributed by atoms with Gasteiger partial charge in [0.1, 0.15) is 13.2 Å². The van der Waals surface area contributed by atoms with Gasteiger partial charge in [-0.1, -0.05) is 65.8 Å². The zero-order valence-electron chi connectivity index (χ0n) is 18.2. The smallest absolute Gasteiger partial charge is 0.211 e. The van der Waals surface area contributed by atoms with Crippen LogP contribution in [0, 0.1) is 10.8 Å². The molecule has 0 aliphatic carbocycles. The van der Waals surface area contributed by atoms with Gasteiger partial charge in [0.25, 0.3) is 0 Å². The van der Waals surface area contributed by atoms with Crippen LogP contribution in [-0.2, 0) is 9.47 Å². The number of hydrogen-bond donors (Lipinski definition) is 1. The first-order chi connectivity index (χ1) is 13.6. The second-order valence-electron chi connectivity index (χ2n) is 10.1. The second kappa shape index (κ2) is 7.05. The van der Waals surface area contributed by atoms with E-state index in [0.717, 1.165) is 21.5 Å². The maximum atomic E-state index is 5.85. The van der Waals surface area contributed by atoms with Crippen molar-refractivity contribution in [2.24, 2.45) is 20.8 Å². The average molecular weight is 394 g/mol. The summed E-state index contributed by atoms with van der Waals surface area (Å²) < 4.78 is 11.7. The van der Waals surface area contributed by atoms with Crippen molar-refractivity contribution in [3.8, 4) is 0 Å². The number of benzene rings is 1. The number of fused-ring (bicyclic) bond motifs is 1. The summed E-state index contributed by atoms with van der Waals surface area (Å²) in [6, 6.07) is 8.67. The van der Waals surface area contributed by atoms with Gasteiger partial charge in [0, 0.05) is 22.9 Å². The number of ether oxygens (including phenoxy) is 2. The monoisotopic (exact) mass is 393 g/mol. The molecule has 5 heteroatoms. The molecule has 1 N–H and O–H groups in total. The van der Waals surface area contributed by atoms with Gasteiger partial charge in [0.15, 0.2) is 0 Å². The molecule has 4 rings (SSSR count). The summed E-state index contributed by atoms with van der Waals surface area (Å²) in [6.45, 7) is 14.4. The molecule has 5 nitrogen and oxygen atoms in total. The number of nitrogens with zero attached hydrogens (tertiary/aromatic N) is 2. The Morgan fingerprint density at radius 2 is 1.21 bits per heavy atom. The molecule has 2 atom stereocenters. The van der Waals surface area contributed by atoms with Crippen LogP contribution in [0.2, 0.25) is 0 Å². The fraction of sp³-hybridized carbons (Fsp3) is 0.500. The number of nitrogens with one attached hydrogen (secondary N) is 1. The number of aromatic amines is 1. The lowest BCUT2D eigenvalue weighted by molar-refractivity contribution is 0.237. The normalized spacial score (nSPS) is 23.9. The minimum absolute atomic E-state index is 0.0912. The highest BCUT2D eigenvalue weighted by Gasteiger charge is 2.30. The summed E-state index contributed by atoms with van der Waals surface area (Å²) in [7, 11) is 0. The molecule has 1 aromatic carbocycles. The average Bonchev–Trinajstić information content (AvgIpc) is 3.35. The quantitative estimate of drug-likeness (QED) is 0.850. The number of H-pyrrole nitrogens is 1. The van der Waals surface area contributed by atoms with Gasteiger partial charge in [-0.05, 0) is 10.8 Å². The van der Waals surface area contributed by atoms with Crippen molar-refractivity contribution in [1.82, 2.24) is 4.98 Å². The third kappa shape index (κ3) is 4.09. The molecule has 29 heavy (non-hydrogen) atoms. The van der Waals surface area contributed by atoms with Crippen LogP contribution in [-0.4, -0.2) is 42.1 Å². The lowest BCUT2D eigenvalue weighted by atomic mass is 9.88. The van der Waals surface area contributed by atoms with Crippen LogP contribution in [0.25, 0.3) is 22.9 Å². The topological polar surface area (TPSA) is 59.0 Å². The summed E-state index contributed by atoms with van der Waals surface area (Å²) in [5.74, 6) is 1.37. The summed E-state index contributed by atoms with van der Waals surface area (Å²) in [4.78, 5) is 13.1.